The van der Waals surface area contributed by atoms with Gasteiger partial charge in [0.05, 0.1) is 34.8 Å². The molecule has 1 heterocycles. The van der Waals surface area contributed by atoms with Crippen molar-refractivity contribution in [2.75, 3.05) is 0 Å². The molecule has 0 fully saturated rings. The predicted octanol–water partition coefficient (Wildman–Crippen LogP) is 2.98. The fourth-order valence-electron chi connectivity index (χ4n) is 2.42. The van der Waals surface area contributed by atoms with E-state index in [1.165, 1.54) is 12.1 Å². The molecule has 0 unspecified atom stereocenters. The molecule has 102 valence electrons. The number of benzene rings is 1. The van der Waals surface area contributed by atoms with E-state index in [-0.39, 0.29) is 5.56 Å². The first-order valence-corrected chi connectivity index (χ1v) is 6.21. The Morgan fingerprint density at radius 2 is 1.57 bits per heavy atom. The smallest absolute Gasteiger partial charge is 0.141 e. The van der Waals surface area contributed by atoms with Gasteiger partial charge in [-0.15, -0.1) is 0 Å². The average Bonchev–Trinajstić information content (AvgIpc) is 2.46. The summed E-state index contributed by atoms with van der Waals surface area (Å²) in [6, 6.07) is 10.1. The van der Waals surface area contributed by atoms with Crippen LogP contribution in [0.4, 0.5) is 4.39 Å². The molecule has 1 aromatic carbocycles. The Morgan fingerprint density at radius 3 is 2.00 bits per heavy atom. The molecule has 0 radical (unpaired) electrons. The number of halogens is 1. The summed E-state index contributed by atoms with van der Waals surface area (Å²) in [5.74, 6) is -1.26. The summed E-state index contributed by atoms with van der Waals surface area (Å²) in [7, 11) is 0. The van der Waals surface area contributed by atoms with Gasteiger partial charge in [0.2, 0.25) is 0 Å². The zero-order valence-corrected chi connectivity index (χ0v) is 11.5. The zero-order chi connectivity index (χ0) is 15.6. The molecule has 0 bridgehead atoms. The van der Waals surface area contributed by atoms with E-state index >= 15 is 0 Å². The second-order valence-electron chi connectivity index (χ2n) is 4.71. The van der Waals surface area contributed by atoms with Gasteiger partial charge in [0.15, 0.2) is 0 Å². The average molecular weight is 278 g/mol. The summed E-state index contributed by atoms with van der Waals surface area (Å²) in [6.45, 7) is 3.48. The van der Waals surface area contributed by atoms with Gasteiger partial charge in [0.1, 0.15) is 11.9 Å². The van der Waals surface area contributed by atoms with E-state index in [2.05, 4.69) is 17.5 Å². The molecule has 0 amide bonds. The molecule has 1 N–H and O–H groups in total. The van der Waals surface area contributed by atoms with Crippen LogP contribution in [0.1, 0.15) is 30.9 Å². The van der Waals surface area contributed by atoms with Crippen LogP contribution in [0.3, 0.4) is 0 Å². The number of nitrogens with zero attached hydrogens (tertiary/aromatic N) is 3. The molecular formula is C16H11FN4. The molecule has 2 rings (SSSR count). The second kappa shape index (κ2) is 5.49. The van der Waals surface area contributed by atoms with Gasteiger partial charge in [0.25, 0.3) is 0 Å². The summed E-state index contributed by atoms with van der Waals surface area (Å²) in [5.41, 5.74) is 2.46. The summed E-state index contributed by atoms with van der Waals surface area (Å²) in [6.07, 6.45) is 0. The minimum Gasteiger partial charge on any atom is -0.361 e. The van der Waals surface area contributed by atoms with Crippen LogP contribution in [-0.2, 0) is 0 Å². The van der Waals surface area contributed by atoms with Crippen LogP contribution in [0.2, 0.25) is 0 Å². The molecule has 1 aliphatic rings. The van der Waals surface area contributed by atoms with E-state index in [0.717, 1.165) is 0 Å². The van der Waals surface area contributed by atoms with E-state index in [0.29, 0.717) is 28.1 Å². The molecule has 0 atom stereocenters. The quantitative estimate of drug-likeness (QED) is 0.856. The lowest BCUT2D eigenvalue weighted by Gasteiger charge is -2.26. The first kappa shape index (κ1) is 14.3. The predicted molar refractivity (Wildman–Crippen MR) is 73.6 cm³/mol. The molecule has 5 heteroatoms. The van der Waals surface area contributed by atoms with Gasteiger partial charge in [-0.2, -0.15) is 15.8 Å². The second-order valence-corrected chi connectivity index (χ2v) is 4.71. The van der Waals surface area contributed by atoms with Crippen LogP contribution in [0.5, 0.6) is 0 Å². The summed E-state index contributed by atoms with van der Waals surface area (Å²) < 4.78 is 13.8. The van der Waals surface area contributed by atoms with Crippen molar-refractivity contribution in [1.82, 2.24) is 5.32 Å². The first-order valence-electron chi connectivity index (χ1n) is 6.21. The van der Waals surface area contributed by atoms with Crippen LogP contribution in [-0.4, -0.2) is 0 Å². The highest BCUT2D eigenvalue weighted by atomic mass is 19.1. The van der Waals surface area contributed by atoms with Crippen molar-refractivity contribution in [3.8, 4) is 18.2 Å². The molecule has 4 nitrogen and oxygen atoms in total. The Morgan fingerprint density at radius 1 is 1.00 bits per heavy atom. The van der Waals surface area contributed by atoms with Crippen LogP contribution >= 0.6 is 0 Å². The maximum absolute atomic E-state index is 13.8. The first-order chi connectivity index (χ1) is 10.0. The molecule has 0 saturated carbocycles. The Labute approximate surface area is 122 Å². The van der Waals surface area contributed by atoms with Crippen molar-refractivity contribution in [1.29, 1.82) is 15.8 Å². The maximum atomic E-state index is 13.8. The van der Waals surface area contributed by atoms with Crippen molar-refractivity contribution in [3.05, 3.63) is 57.7 Å². The Balaban J connectivity index is 2.66. The third-order valence-corrected chi connectivity index (χ3v) is 3.45. The van der Waals surface area contributed by atoms with E-state index < -0.39 is 11.7 Å². The maximum Gasteiger partial charge on any atom is 0.141 e. The third-order valence-electron chi connectivity index (χ3n) is 3.45. The summed E-state index contributed by atoms with van der Waals surface area (Å²) in [4.78, 5) is 0. The van der Waals surface area contributed by atoms with Gasteiger partial charge in [-0.1, -0.05) is 6.07 Å². The van der Waals surface area contributed by atoms with Gasteiger partial charge < -0.3 is 5.32 Å². The van der Waals surface area contributed by atoms with Crippen LogP contribution in [0, 0.1) is 39.8 Å². The summed E-state index contributed by atoms with van der Waals surface area (Å²) in [5, 5.41) is 30.4. The molecule has 1 aromatic rings. The van der Waals surface area contributed by atoms with Crippen molar-refractivity contribution in [2.24, 2.45) is 0 Å². The highest BCUT2D eigenvalue weighted by molar-refractivity contribution is 5.55. The Kier molecular flexibility index (Phi) is 3.74. The fourth-order valence-corrected chi connectivity index (χ4v) is 2.42. The number of dihydropyridines is 1. The van der Waals surface area contributed by atoms with Crippen LogP contribution < -0.4 is 5.32 Å². The number of hydrogen-bond acceptors (Lipinski definition) is 4. The molecule has 0 aliphatic carbocycles. The molecule has 0 saturated heterocycles. The van der Waals surface area contributed by atoms with Crippen LogP contribution in [0.25, 0.3) is 0 Å². The van der Waals surface area contributed by atoms with E-state index in [4.69, 9.17) is 5.26 Å². The van der Waals surface area contributed by atoms with Gasteiger partial charge in [-0.25, -0.2) is 4.39 Å². The van der Waals surface area contributed by atoms with Gasteiger partial charge in [0, 0.05) is 11.4 Å². The van der Waals surface area contributed by atoms with Crippen LogP contribution in [0.15, 0.2) is 40.7 Å². The monoisotopic (exact) mass is 278 g/mol. The molecule has 0 aromatic heterocycles. The lowest BCUT2D eigenvalue weighted by Crippen LogP contribution is -2.23. The largest absolute Gasteiger partial charge is 0.361 e. The normalized spacial score (nSPS) is 15.0. The zero-order valence-electron chi connectivity index (χ0n) is 11.5. The lowest BCUT2D eigenvalue weighted by atomic mass is 9.81. The SMILES string of the molecule is CC1=C(C#N)C(c2ccc(C#N)c(F)c2)C(C#N)=C(C)N1. The van der Waals surface area contributed by atoms with Crippen molar-refractivity contribution >= 4 is 0 Å². The number of allylic oxidation sites excluding steroid dienone is 4. The minimum atomic E-state index is -0.654. The van der Waals surface area contributed by atoms with Gasteiger partial charge in [-0.3, -0.25) is 0 Å². The Hall–Kier alpha value is -3.10. The highest BCUT2D eigenvalue weighted by Gasteiger charge is 2.29. The molecule has 1 aliphatic heterocycles. The molecule has 0 spiro atoms. The van der Waals surface area contributed by atoms with Crippen molar-refractivity contribution in [2.45, 2.75) is 19.8 Å². The van der Waals surface area contributed by atoms with E-state index in [1.54, 1.807) is 26.0 Å². The Bertz CT molecular complexity index is 761. The number of hydrogen-bond donors (Lipinski definition) is 1. The van der Waals surface area contributed by atoms with Crippen molar-refractivity contribution in [3.63, 3.8) is 0 Å². The molecular weight excluding hydrogens is 267 g/mol. The number of nitriles is 3. The van der Waals surface area contributed by atoms with Gasteiger partial charge in [-0.05, 0) is 31.5 Å². The fraction of sp³-hybridized carbons (Fsp3) is 0.188. The number of nitrogens with one attached hydrogen (secondary N) is 1. The third kappa shape index (κ3) is 2.36. The highest BCUT2D eigenvalue weighted by Crippen LogP contribution is 2.37. The lowest BCUT2D eigenvalue weighted by molar-refractivity contribution is 0.620. The summed E-state index contributed by atoms with van der Waals surface area (Å²) >= 11 is 0. The minimum absolute atomic E-state index is 0.0638. The van der Waals surface area contributed by atoms with E-state index in [9.17, 15) is 14.9 Å². The van der Waals surface area contributed by atoms with E-state index in [1.807, 2.05) is 0 Å². The number of rotatable bonds is 1. The standard InChI is InChI=1S/C16H11FN4/c1-9-13(7-19)16(14(8-20)10(2)21-9)11-3-4-12(6-18)15(17)5-11/h3-5,16,21H,1-2H3. The van der Waals surface area contributed by atoms with Gasteiger partial charge >= 0.3 is 0 Å². The molecule has 21 heavy (non-hydrogen) atoms. The van der Waals surface area contributed by atoms with Crippen molar-refractivity contribution < 1.29 is 4.39 Å². The topological polar surface area (TPSA) is 83.4 Å².